The lowest BCUT2D eigenvalue weighted by atomic mass is 9.90. The molecule has 2 heterocycles. The molecular formula is C20H28N2O2. The summed E-state index contributed by atoms with van der Waals surface area (Å²) in [6.07, 6.45) is 5.25. The molecule has 0 saturated carbocycles. The van der Waals surface area contributed by atoms with Gasteiger partial charge in [-0.1, -0.05) is 57.4 Å². The minimum atomic E-state index is 0.00901. The van der Waals surface area contributed by atoms with E-state index in [0.29, 0.717) is 6.54 Å². The predicted octanol–water partition coefficient (Wildman–Crippen LogP) is 3.17. The number of amides is 2. The number of nitrogens with zero attached hydrogens (tertiary/aromatic N) is 2. The summed E-state index contributed by atoms with van der Waals surface area (Å²) in [5.74, 6) is 0.242. The van der Waals surface area contributed by atoms with Gasteiger partial charge in [0.25, 0.3) is 0 Å². The number of benzene rings is 1. The summed E-state index contributed by atoms with van der Waals surface area (Å²) in [7, 11) is 0. The van der Waals surface area contributed by atoms with Gasteiger partial charge in [0.15, 0.2) is 0 Å². The van der Waals surface area contributed by atoms with Crippen molar-refractivity contribution in [3.8, 4) is 0 Å². The number of fused-ring (bicyclic) bond motifs is 3. The zero-order valence-corrected chi connectivity index (χ0v) is 14.8. The fourth-order valence-corrected chi connectivity index (χ4v) is 3.98. The molecule has 130 valence electrons. The number of carbonyl (C=O) groups excluding carboxylic acids is 2. The van der Waals surface area contributed by atoms with Gasteiger partial charge in [-0.15, -0.1) is 0 Å². The number of hydrogen-bond acceptors (Lipinski definition) is 2. The second-order valence-electron chi connectivity index (χ2n) is 7.17. The van der Waals surface area contributed by atoms with Gasteiger partial charge in [-0.3, -0.25) is 9.59 Å². The van der Waals surface area contributed by atoms with Gasteiger partial charge >= 0.3 is 0 Å². The average Bonchev–Trinajstić information content (AvgIpc) is 2.61. The van der Waals surface area contributed by atoms with Crippen molar-refractivity contribution in [1.82, 2.24) is 9.80 Å². The van der Waals surface area contributed by atoms with E-state index in [-0.39, 0.29) is 30.3 Å². The van der Waals surface area contributed by atoms with Gasteiger partial charge in [0.05, 0.1) is 12.6 Å². The first-order valence-electron chi connectivity index (χ1n) is 9.28. The van der Waals surface area contributed by atoms with Crippen molar-refractivity contribution in [2.24, 2.45) is 5.92 Å². The highest BCUT2D eigenvalue weighted by Crippen LogP contribution is 2.33. The van der Waals surface area contributed by atoms with Crippen LogP contribution in [-0.2, 0) is 16.0 Å². The van der Waals surface area contributed by atoms with Crippen LogP contribution in [0.2, 0.25) is 0 Å². The van der Waals surface area contributed by atoms with Gasteiger partial charge in [0, 0.05) is 19.0 Å². The molecule has 4 nitrogen and oxygen atoms in total. The molecule has 1 aromatic carbocycles. The van der Waals surface area contributed by atoms with Crippen LogP contribution in [0.5, 0.6) is 0 Å². The highest BCUT2D eigenvalue weighted by molar-refractivity contribution is 5.87. The predicted molar refractivity (Wildman–Crippen MR) is 94.5 cm³/mol. The summed E-state index contributed by atoms with van der Waals surface area (Å²) in [5.41, 5.74) is 2.53. The number of carbonyl (C=O) groups is 2. The highest BCUT2D eigenvalue weighted by Gasteiger charge is 2.39. The van der Waals surface area contributed by atoms with Crippen molar-refractivity contribution in [2.45, 2.75) is 52.0 Å². The van der Waals surface area contributed by atoms with Gasteiger partial charge in [-0.2, -0.15) is 0 Å². The SMILES string of the molecule is CCCCCC(C)C(=O)N1CC(=O)N2CCc3ccccc3C2C1. The standard InChI is InChI=1S/C20H28N2O2/c1-3-4-5-8-15(2)20(24)21-13-18-17-10-7-6-9-16(17)11-12-22(18)19(23)14-21/h6-7,9-10,15,18H,3-5,8,11-14H2,1-2H3. The monoisotopic (exact) mass is 328 g/mol. The van der Waals surface area contributed by atoms with Crippen molar-refractivity contribution in [2.75, 3.05) is 19.6 Å². The molecule has 0 N–H and O–H groups in total. The Hall–Kier alpha value is -1.84. The molecule has 2 atom stereocenters. The second kappa shape index (κ2) is 7.37. The molecule has 0 spiro atoms. The highest BCUT2D eigenvalue weighted by atomic mass is 16.2. The van der Waals surface area contributed by atoms with Crippen LogP contribution in [0.4, 0.5) is 0 Å². The minimum absolute atomic E-state index is 0.00901. The Balaban J connectivity index is 1.72. The maximum atomic E-state index is 12.8. The van der Waals surface area contributed by atoms with Crippen LogP contribution in [0, 0.1) is 5.92 Å². The summed E-state index contributed by atoms with van der Waals surface area (Å²) in [5, 5.41) is 0. The molecule has 2 unspecified atom stereocenters. The number of hydrogen-bond donors (Lipinski definition) is 0. The van der Waals surface area contributed by atoms with Crippen LogP contribution in [-0.4, -0.2) is 41.2 Å². The molecule has 0 aliphatic carbocycles. The quantitative estimate of drug-likeness (QED) is 0.779. The van der Waals surface area contributed by atoms with Crippen LogP contribution in [0.1, 0.15) is 56.7 Å². The molecule has 2 aliphatic heterocycles. The molecule has 24 heavy (non-hydrogen) atoms. The Labute approximate surface area is 144 Å². The fraction of sp³-hybridized carbons (Fsp3) is 0.600. The van der Waals surface area contributed by atoms with Crippen molar-refractivity contribution in [3.63, 3.8) is 0 Å². The lowest BCUT2D eigenvalue weighted by Gasteiger charge is -2.45. The van der Waals surface area contributed by atoms with Gasteiger partial charge in [-0.05, 0) is 24.0 Å². The lowest BCUT2D eigenvalue weighted by Crippen LogP contribution is -2.56. The Morgan fingerprint density at radius 3 is 2.88 bits per heavy atom. The van der Waals surface area contributed by atoms with E-state index in [1.165, 1.54) is 17.5 Å². The normalized spacial score (nSPS) is 21.2. The van der Waals surface area contributed by atoms with E-state index < -0.39 is 0 Å². The first-order chi connectivity index (χ1) is 11.6. The van der Waals surface area contributed by atoms with Gasteiger partial charge in [0.1, 0.15) is 0 Å². The van der Waals surface area contributed by atoms with Crippen LogP contribution in [0.3, 0.4) is 0 Å². The van der Waals surface area contributed by atoms with E-state index in [1.807, 2.05) is 17.9 Å². The minimum Gasteiger partial charge on any atom is -0.332 e. The van der Waals surface area contributed by atoms with Crippen LogP contribution < -0.4 is 0 Å². The fourth-order valence-electron chi connectivity index (χ4n) is 3.98. The molecule has 0 bridgehead atoms. The average molecular weight is 328 g/mol. The van der Waals surface area contributed by atoms with Crippen molar-refractivity contribution in [1.29, 1.82) is 0 Å². The molecule has 4 heteroatoms. The first-order valence-corrected chi connectivity index (χ1v) is 9.28. The second-order valence-corrected chi connectivity index (χ2v) is 7.17. The van der Waals surface area contributed by atoms with Crippen LogP contribution in [0.25, 0.3) is 0 Å². The van der Waals surface area contributed by atoms with Gasteiger partial charge in [0.2, 0.25) is 11.8 Å². The molecule has 2 amide bonds. The van der Waals surface area contributed by atoms with Crippen LogP contribution >= 0.6 is 0 Å². The zero-order valence-electron chi connectivity index (χ0n) is 14.8. The van der Waals surface area contributed by atoms with Crippen LogP contribution in [0.15, 0.2) is 24.3 Å². The molecule has 1 saturated heterocycles. The third kappa shape index (κ3) is 3.33. The number of rotatable bonds is 5. The molecule has 2 aliphatic rings. The molecule has 1 aromatic rings. The van der Waals surface area contributed by atoms with E-state index >= 15 is 0 Å². The summed E-state index contributed by atoms with van der Waals surface area (Å²) in [6, 6.07) is 8.37. The molecular weight excluding hydrogens is 300 g/mol. The Morgan fingerprint density at radius 1 is 1.29 bits per heavy atom. The smallest absolute Gasteiger partial charge is 0.242 e. The first kappa shape index (κ1) is 17.0. The number of piperazine rings is 1. The maximum Gasteiger partial charge on any atom is 0.242 e. The molecule has 0 radical (unpaired) electrons. The molecule has 0 aromatic heterocycles. The molecule has 1 fully saturated rings. The maximum absolute atomic E-state index is 12.8. The number of unbranched alkanes of at least 4 members (excludes halogenated alkanes) is 2. The lowest BCUT2D eigenvalue weighted by molar-refractivity contribution is -0.151. The van der Waals surface area contributed by atoms with Crippen molar-refractivity contribution >= 4 is 11.8 Å². The van der Waals surface area contributed by atoms with Crippen molar-refractivity contribution in [3.05, 3.63) is 35.4 Å². The molecule has 3 rings (SSSR count). The summed E-state index contributed by atoms with van der Waals surface area (Å²) in [4.78, 5) is 29.1. The zero-order chi connectivity index (χ0) is 17.1. The topological polar surface area (TPSA) is 40.6 Å². The van der Waals surface area contributed by atoms with E-state index in [2.05, 4.69) is 25.1 Å². The summed E-state index contributed by atoms with van der Waals surface area (Å²) >= 11 is 0. The Kier molecular flexibility index (Phi) is 5.22. The van der Waals surface area contributed by atoms with Gasteiger partial charge in [-0.25, -0.2) is 0 Å². The van der Waals surface area contributed by atoms with E-state index in [9.17, 15) is 9.59 Å². The largest absolute Gasteiger partial charge is 0.332 e. The summed E-state index contributed by atoms with van der Waals surface area (Å²) < 4.78 is 0. The van der Waals surface area contributed by atoms with Crippen molar-refractivity contribution < 1.29 is 9.59 Å². The third-order valence-corrected chi connectivity index (χ3v) is 5.43. The Bertz CT molecular complexity index is 613. The summed E-state index contributed by atoms with van der Waals surface area (Å²) in [6.45, 7) is 5.83. The van der Waals surface area contributed by atoms with E-state index in [1.54, 1.807) is 4.90 Å². The third-order valence-electron chi connectivity index (χ3n) is 5.43. The van der Waals surface area contributed by atoms with Gasteiger partial charge < -0.3 is 9.80 Å². The van der Waals surface area contributed by atoms with E-state index in [4.69, 9.17) is 0 Å². The Morgan fingerprint density at radius 2 is 2.08 bits per heavy atom. The van der Waals surface area contributed by atoms with E-state index in [0.717, 1.165) is 32.2 Å².